The third-order valence-electron chi connectivity index (χ3n) is 2.83. The molecule has 1 aromatic heterocycles. The molecule has 0 aliphatic carbocycles. The lowest BCUT2D eigenvalue weighted by molar-refractivity contribution is -0.137. The van der Waals surface area contributed by atoms with Gasteiger partial charge in [0.05, 0.1) is 26.3 Å². The molecule has 1 heterocycles. The Morgan fingerprint density at radius 1 is 1.35 bits per heavy atom. The van der Waals surface area contributed by atoms with Gasteiger partial charge in [0.15, 0.2) is 0 Å². The van der Waals surface area contributed by atoms with Crippen LogP contribution in [-0.4, -0.2) is 10.1 Å². The van der Waals surface area contributed by atoms with Gasteiger partial charge < -0.3 is 5.11 Å². The van der Waals surface area contributed by atoms with Gasteiger partial charge >= 0.3 is 6.18 Å². The van der Waals surface area contributed by atoms with Gasteiger partial charge in [-0.25, -0.2) is 0 Å². The Labute approximate surface area is 142 Å². The van der Waals surface area contributed by atoms with Crippen LogP contribution in [0, 0.1) is 11.3 Å². The Hall–Kier alpha value is -2.04. The highest BCUT2D eigenvalue weighted by atomic mass is 79.9. The molecular formula is C15H7BrClF3N2O. The van der Waals surface area contributed by atoms with E-state index in [0.29, 0.717) is 16.2 Å². The maximum atomic E-state index is 12.6. The molecule has 0 atom stereocenters. The number of nitriles is 1. The van der Waals surface area contributed by atoms with Crippen molar-refractivity contribution in [2.24, 2.45) is 0 Å². The van der Waals surface area contributed by atoms with Gasteiger partial charge in [0.25, 0.3) is 0 Å². The first-order valence-electron chi connectivity index (χ1n) is 6.06. The zero-order valence-corrected chi connectivity index (χ0v) is 13.5. The van der Waals surface area contributed by atoms with Gasteiger partial charge in [0, 0.05) is 6.20 Å². The van der Waals surface area contributed by atoms with Crippen LogP contribution >= 0.6 is 27.5 Å². The molecule has 2 aromatic rings. The van der Waals surface area contributed by atoms with E-state index in [-0.39, 0.29) is 22.0 Å². The molecule has 0 bridgehead atoms. The second-order valence-corrected chi connectivity index (χ2v) is 5.69. The van der Waals surface area contributed by atoms with Crippen LogP contribution in [0.15, 0.2) is 34.9 Å². The van der Waals surface area contributed by atoms with Gasteiger partial charge in [-0.05, 0) is 45.8 Å². The monoisotopic (exact) mass is 402 g/mol. The first kappa shape index (κ1) is 17.3. The highest BCUT2D eigenvalue weighted by Gasteiger charge is 2.31. The highest BCUT2D eigenvalue weighted by molar-refractivity contribution is 9.10. The van der Waals surface area contributed by atoms with Gasteiger partial charge in [0.1, 0.15) is 11.8 Å². The fourth-order valence-corrected chi connectivity index (χ4v) is 2.39. The standard InChI is InChI=1S/C15H7BrClF3N2O/c16-11-4-8(1-2-13(11)23)3-9(6-21)14-12(17)5-10(7-22-14)15(18,19)20/h1-5,7,23H/b9-3-. The fourth-order valence-electron chi connectivity index (χ4n) is 1.72. The summed E-state index contributed by atoms with van der Waals surface area (Å²) in [4.78, 5) is 3.65. The smallest absolute Gasteiger partial charge is 0.417 e. The van der Waals surface area contributed by atoms with E-state index in [2.05, 4.69) is 20.9 Å². The number of nitrogens with zero attached hydrogens (tertiary/aromatic N) is 2. The number of aromatic nitrogens is 1. The van der Waals surface area contributed by atoms with Crippen LogP contribution in [0.1, 0.15) is 16.8 Å². The summed E-state index contributed by atoms with van der Waals surface area (Å²) in [6, 6.07) is 7.07. The van der Waals surface area contributed by atoms with E-state index in [1.165, 1.54) is 18.2 Å². The molecule has 0 spiro atoms. The van der Waals surface area contributed by atoms with Crippen molar-refractivity contribution in [2.75, 3.05) is 0 Å². The van der Waals surface area contributed by atoms with E-state index in [4.69, 9.17) is 11.6 Å². The molecule has 0 unspecified atom stereocenters. The van der Waals surface area contributed by atoms with Crippen molar-refractivity contribution in [3.05, 3.63) is 56.8 Å². The molecule has 0 saturated carbocycles. The van der Waals surface area contributed by atoms with Gasteiger partial charge in [-0.2, -0.15) is 18.4 Å². The third-order valence-corrected chi connectivity index (χ3v) is 3.75. The lowest BCUT2D eigenvalue weighted by Gasteiger charge is -2.08. The minimum absolute atomic E-state index is 0.00122. The molecule has 0 saturated heterocycles. The molecule has 1 aromatic carbocycles. The summed E-state index contributed by atoms with van der Waals surface area (Å²) in [5.41, 5.74) is -0.493. The summed E-state index contributed by atoms with van der Waals surface area (Å²) in [7, 11) is 0. The molecule has 0 radical (unpaired) electrons. The van der Waals surface area contributed by atoms with E-state index in [0.717, 1.165) is 6.07 Å². The molecule has 2 rings (SSSR count). The molecule has 0 amide bonds. The normalized spacial score (nSPS) is 12.1. The molecule has 118 valence electrons. The molecule has 23 heavy (non-hydrogen) atoms. The summed E-state index contributed by atoms with van der Waals surface area (Å²) >= 11 is 8.96. The second kappa shape index (κ2) is 6.60. The maximum Gasteiger partial charge on any atom is 0.417 e. The van der Waals surface area contributed by atoms with Crippen molar-refractivity contribution in [1.82, 2.24) is 4.98 Å². The third kappa shape index (κ3) is 4.03. The van der Waals surface area contributed by atoms with Crippen molar-refractivity contribution in [3.63, 3.8) is 0 Å². The van der Waals surface area contributed by atoms with Crippen LogP contribution in [0.3, 0.4) is 0 Å². The van der Waals surface area contributed by atoms with Crippen LogP contribution in [0.2, 0.25) is 5.02 Å². The topological polar surface area (TPSA) is 56.9 Å². The lowest BCUT2D eigenvalue weighted by atomic mass is 10.1. The Bertz CT molecular complexity index is 828. The van der Waals surface area contributed by atoms with Crippen molar-refractivity contribution in [2.45, 2.75) is 6.18 Å². The Morgan fingerprint density at radius 2 is 2.04 bits per heavy atom. The Kier molecular flexibility index (Phi) is 4.97. The number of rotatable bonds is 2. The van der Waals surface area contributed by atoms with Gasteiger partial charge in [0.2, 0.25) is 0 Å². The zero-order valence-electron chi connectivity index (χ0n) is 11.2. The first-order valence-corrected chi connectivity index (χ1v) is 7.23. The van der Waals surface area contributed by atoms with E-state index < -0.39 is 11.7 Å². The Balaban J connectivity index is 2.47. The summed E-state index contributed by atoms with van der Waals surface area (Å²) in [6.45, 7) is 0. The predicted octanol–water partition coefficient (Wildman–Crippen LogP) is 5.29. The predicted molar refractivity (Wildman–Crippen MR) is 83.5 cm³/mol. The summed E-state index contributed by atoms with van der Waals surface area (Å²) in [6.07, 6.45) is -2.53. The van der Waals surface area contributed by atoms with Gasteiger partial charge in [-0.15, -0.1) is 0 Å². The van der Waals surface area contributed by atoms with Crippen LogP contribution in [0.5, 0.6) is 5.75 Å². The number of allylic oxidation sites excluding steroid dienone is 1. The largest absolute Gasteiger partial charge is 0.507 e. The van der Waals surface area contributed by atoms with Gasteiger partial charge in [-0.3, -0.25) is 4.98 Å². The SMILES string of the molecule is N#C/C(=C/c1ccc(O)c(Br)c1)c1ncc(C(F)(F)F)cc1Cl. The fraction of sp³-hybridized carbons (Fsp3) is 0.0667. The van der Waals surface area contributed by atoms with E-state index in [1.54, 1.807) is 6.07 Å². The van der Waals surface area contributed by atoms with E-state index >= 15 is 0 Å². The van der Waals surface area contributed by atoms with Crippen LogP contribution < -0.4 is 0 Å². The van der Waals surface area contributed by atoms with Gasteiger partial charge in [-0.1, -0.05) is 17.7 Å². The number of benzene rings is 1. The Morgan fingerprint density at radius 3 is 2.57 bits per heavy atom. The van der Waals surface area contributed by atoms with Crippen molar-refractivity contribution in [3.8, 4) is 11.8 Å². The van der Waals surface area contributed by atoms with Crippen LogP contribution in [-0.2, 0) is 6.18 Å². The average molecular weight is 404 g/mol. The van der Waals surface area contributed by atoms with Crippen LogP contribution in [0.4, 0.5) is 13.2 Å². The van der Waals surface area contributed by atoms with E-state index in [9.17, 15) is 23.5 Å². The number of pyridine rings is 1. The molecule has 0 fully saturated rings. The minimum Gasteiger partial charge on any atom is -0.507 e. The first-order chi connectivity index (χ1) is 10.7. The summed E-state index contributed by atoms with van der Waals surface area (Å²) in [5, 5.41) is 18.4. The average Bonchev–Trinajstić information content (AvgIpc) is 2.47. The number of phenolic OH excluding ortho intramolecular Hbond substituents is 1. The van der Waals surface area contributed by atoms with E-state index in [1.807, 2.05) is 6.07 Å². The molecule has 8 heteroatoms. The summed E-state index contributed by atoms with van der Waals surface area (Å²) < 4.78 is 38.2. The van der Waals surface area contributed by atoms with Crippen molar-refractivity contribution in [1.29, 1.82) is 5.26 Å². The molecule has 0 aliphatic heterocycles. The number of hydrogen-bond acceptors (Lipinski definition) is 3. The molecular weight excluding hydrogens is 397 g/mol. The lowest BCUT2D eigenvalue weighted by Crippen LogP contribution is -2.06. The number of halogens is 5. The second-order valence-electron chi connectivity index (χ2n) is 4.43. The summed E-state index contributed by atoms with van der Waals surface area (Å²) in [5.74, 6) is 0.0198. The number of alkyl halides is 3. The van der Waals surface area contributed by atoms with Crippen molar-refractivity contribution < 1.29 is 18.3 Å². The molecule has 1 N–H and O–H groups in total. The maximum absolute atomic E-state index is 12.6. The molecule has 3 nitrogen and oxygen atoms in total. The number of aromatic hydroxyl groups is 1. The minimum atomic E-state index is -4.56. The van der Waals surface area contributed by atoms with Crippen LogP contribution in [0.25, 0.3) is 11.6 Å². The highest BCUT2D eigenvalue weighted by Crippen LogP contribution is 2.33. The molecule has 0 aliphatic rings. The zero-order chi connectivity index (χ0) is 17.2. The quantitative estimate of drug-likeness (QED) is 0.694. The van der Waals surface area contributed by atoms with Crippen molar-refractivity contribution >= 4 is 39.2 Å². The number of phenols is 1. The number of hydrogen-bond donors (Lipinski definition) is 1.